The number of thioether (sulfide) groups is 1. The van der Waals surface area contributed by atoms with Crippen molar-refractivity contribution >= 4 is 35.0 Å². The highest BCUT2D eigenvalue weighted by molar-refractivity contribution is 7.98. The van der Waals surface area contributed by atoms with Crippen LogP contribution < -0.4 is 17.0 Å². The third-order valence-corrected chi connectivity index (χ3v) is 5.02. The van der Waals surface area contributed by atoms with Gasteiger partial charge in [0.2, 0.25) is 5.95 Å². The number of carbonyl (C=O) groups is 1. The Morgan fingerprint density at radius 3 is 2.86 bits per heavy atom. The molecule has 0 unspecified atom stereocenters. The Morgan fingerprint density at radius 2 is 2.24 bits per heavy atom. The lowest BCUT2D eigenvalue weighted by Crippen LogP contribution is -2.29. The molecular weight excluding hydrogens is 308 g/mol. The molecule has 0 atom stereocenters. The van der Waals surface area contributed by atoms with Gasteiger partial charge in [0.05, 0.1) is 4.88 Å². The van der Waals surface area contributed by atoms with Crippen LogP contribution in [0.3, 0.4) is 0 Å². The van der Waals surface area contributed by atoms with E-state index in [1.165, 1.54) is 11.3 Å². The highest BCUT2D eigenvalue weighted by Gasteiger charge is 2.15. The number of anilines is 1. The monoisotopic (exact) mass is 326 g/mol. The first-order chi connectivity index (χ1) is 9.93. The van der Waals surface area contributed by atoms with Crippen molar-refractivity contribution in [1.29, 1.82) is 0 Å². The van der Waals surface area contributed by atoms with E-state index in [1.807, 2.05) is 31.4 Å². The maximum Gasteiger partial charge on any atom is 0.275 e. The number of amides is 1. The number of aryl methyl sites for hydroxylation is 1. The van der Waals surface area contributed by atoms with Gasteiger partial charge in [0, 0.05) is 16.7 Å². The minimum absolute atomic E-state index is 0.199. The molecule has 0 aliphatic heterocycles. The van der Waals surface area contributed by atoms with Crippen LogP contribution in [0.2, 0.25) is 0 Å². The molecule has 0 bridgehead atoms. The molecule has 5 N–H and O–H groups in total. The quantitative estimate of drug-likeness (QED) is 0.334. The van der Waals surface area contributed by atoms with Crippen LogP contribution in [0.25, 0.3) is 0 Å². The molecule has 1 amide bonds. The molecular formula is C12H18N6OS2. The first kappa shape index (κ1) is 15.8. The molecule has 2 rings (SSSR count). The van der Waals surface area contributed by atoms with Crippen LogP contribution in [-0.4, -0.2) is 20.7 Å². The number of hydrogen-bond acceptors (Lipinski definition) is 7. The van der Waals surface area contributed by atoms with Crippen LogP contribution in [0.15, 0.2) is 11.2 Å². The number of aromatic nitrogens is 3. The van der Waals surface area contributed by atoms with Crippen LogP contribution in [0.5, 0.6) is 0 Å². The second-order valence-electron chi connectivity index (χ2n) is 4.76. The van der Waals surface area contributed by atoms with Gasteiger partial charge in [0.25, 0.3) is 5.91 Å². The zero-order valence-corrected chi connectivity index (χ0v) is 13.7. The molecule has 2 heterocycles. The lowest BCUT2D eigenvalue weighted by atomic mass is 10.3. The summed E-state index contributed by atoms with van der Waals surface area (Å²) < 4.78 is 1.89. The molecule has 7 nitrogen and oxygen atoms in total. The van der Waals surface area contributed by atoms with Gasteiger partial charge in [-0.3, -0.25) is 14.8 Å². The SMILES string of the molecule is Cc1sc(C(=O)NN)cc1CSc1nnc(N)n1C(C)C. The molecule has 0 aliphatic carbocycles. The van der Waals surface area contributed by atoms with Crippen LogP contribution in [0.1, 0.15) is 40.0 Å². The minimum Gasteiger partial charge on any atom is -0.368 e. The Hall–Kier alpha value is -1.58. The average Bonchev–Trinajstić information content (AvgIpc) is 2.99. The van der Waals surface area contributed by atoms with E-state index >= 15 is 0 Å². The topological polar surface area (TPSA) is 112 Å². The number of thiophene rings is 1. The Morgan fingerprint density at radius 1 is 1.52 bits per heavy atom. The molecule has 0 fully saturated rings. The van der Waals surface area contributed by atoms with Crippen LogP contribution in [0.4, 0.5) is 5.95 Å². The number of nitrogen functional groups attached to an aromatic ring is 2. The summed E-state index contributed by atoms with van der Waals surface area (Å²) in [4.78, 5) is 13.2. The van der Waals surface area contributed by atoms with E-state index in [1.54, 1.807) is 11.8 Å². The number of nitrogens with two attached hydrogens (primary N) is 2. The Labute approximate surface area is 131 Å². The van der Waals surface area contributed by atoms with Gasteiger partial charge in [-0.1, -0.05) is 11.8 Å². The van der Waals surface area contributed by atoms with Crippen molar-refractivity contribution in [3.05, 3.63) is 21.4 Å². The van der Waals surface area contributed by atoms with Crippen molar-refractivity contribution in [2.75, 3.05) is 5.73 Å². The fraction of sp³-hybridized carbons (Fsp3) is 0.417. The van der Waals surface area contributed by atoms with Gasteiger partial charge >= 0.3 is 0 Å². The van der Waals surface area contributed by atoms with Crippen molar-refractivity contribution in [3.63, 3.8) is 0 Å². The summed E-state index contributed by atoms with van der Waals surface area (Å²) in [5.74, 6) is 6.00. The molecule has 2 aromatic heterocycles. The number of hydrogen-bond donors (Lipinski definition) is 3. The maximum atomic E-state index is 11.5. The second kappa shape index (κ2) is 6.46. The molecule has 2 aromatic rings. The molecule has 0 spiro atoms. The summed E-state index contributed by atoms with van der Waals surface area (Å²) >= 11 is 2.97. The van der Waals surface area contributed by atoms with Gasteiger partial charge in [-0.05, 0) is 32.4 Å². The van der Waals surface area contributed by atoms with E-state index in [-0.39, 0.29) is 11.9 Å². The third kappa shape index (κ3) is 3.36. The Balaban J connectivity index is 2.14. The molecule has 9 heteroatoms. The Bertz CT molecular complexity index is 648. The molecule has 21 heavy (non-hydrogen) atoms. The van der Waals surface area contributed by atoms with Gasteiger partial charge in [-0.2, -0.15) is 0 Å². The summed E-state index contributed by atoms with van der Waals surface area (Å²) in [6, 6.07) is 2.05. The molecule has 114 valence electrons. The number of nitrogens with one attached hydrogen (secondary N) is 1. The number of hydrazine groups is 1. The van der Waals surface area contributed by atoms with Gasteiger partial charge in [0.1, 0.15) is 0 Å². The van der Waals surface area contributed by atoms with Gasteiger partial charge < -0.3 is 5.73 Å². The van der Waals surface area contributed by atoms with E-state index in [4.69, 9.17) is 11.6 Å². The fourth-order valence-electron chi connectivity index (χ4n) is 1.86. The predicted octanol–water partition coefficient (Wildman–Crippen LogP) is 1.71. The number of nitrogens with zero attached hydrogens (tertiary/aromatic N) is 3. The summed E-state index contributed by atoms with van der Waals surface area (Å²) in [6.45, 7) is 6.04. The zero-order valence-electron chi connectivity index (χ0n) is 12.1. The predicted molar refractivity (Wildman–Crippen MR) is 85.1 cm³/mol. The van der Waals surface area contributed by atoms with Crippen molar-refractivity contribution < 1.29 is 4.79 Å². The Kier molecular flexibility index (Phi) is 4.86. The van der Waals surface area contributed by atoms with Crippen molar-refractivity contribution in [3.8, 4) is 0 Å². The van der Waals surface area contributed by atoms with Crippen molar-refractivity contribution in [2.45, 2.75) is 37.7 Å². The smallest absolute Gasteiger partial charge is 0.275 e. The first-order valence-electron chi connectivity index (χ1n) is 6.37. The third-order valence-electron chi connectivity index (χ3n) is 2.94. The fourth-order valence-corrected chi connectivity index (χ4v) is 4.02. The molecule has 0 saturated carbocycles. The van der Waals surface area contributed by atoms with Gasteiger partial charge in [0.15, 0.2) is 5.16 Å². The zero-order chi connectivity index (χ0) is 15.6. The summed E-state index contributed by atoms with van der Waals surface area (Å²) in [5, 5.41) is 8.78. The lowest BCUT2D eigenvalue weighted by molar-refractivity contribution is 0.0957. The lowest BCUT2D eigenvalue weighted by Gasteiger charge is -2.11. The van der Waals surface area contributed by atoms with Gasteiger partial charge in [-0.25, -0.2) is 5.84 Å². The summed E-state index contributed by atoms with van der Waals surface area (Å²) in [7, 11) is 0. The van der Waals surface area contributed by atoms with E-state index in [2.05, 4.69) is 15.6 Å². The van der Waals surface area contributed by atoms with Crippen LogP contribution in [-0.2, 0) is 5.75 Å². The van der Waals surface area contributed by atoms with E-state index < -0.39 is 0 Å². The standard InChI is InChI=1S/C12H18N6OS2/c1-6(2)18-11(13)16-17-12(18)20-5-8-4-9(10(19)15-14)21-7(8)3/h4,6H,5,14H2,1-3H3,(H2,13,16)(H,15,19). The first-order valence-corrected chi connectivity index (χ1v) is 8.17. The van der Waals surface area contributed by atoms with E-state index in [0.29, 0.717) is 16.6 Å². The normalized spacial score (nSPS) is 11.1. The molecule has 0 aromatic carbocycles. The van der Waals surface area contributed by atoms with E-state index in [0.717, 1.165) is 15.6 Å². The average molecular weight is 326 g/mol. The van der Waals surface area contributed by atoms with Crippen molar-refractivity contribution in [2.24, 2.45) is 5.84 Å². The highest BCUT2D eigenvalue weighted by atomic mass is 32.2. The second-order valence-corrected chi connectivity index (χ2v) is 6.96. The van der Waals surface area contributed by atoms with Gasteiger partial charge in [-0.15, -0.1) is 21.5 Å². The molecule has 0 aliphatic rings. The van der Waals surface area contributed by atoms with Crippen LogP contribution >= 0.6 is 23.1 Å². The molecule has 0 saturated heterocycles. The molecule has 0 radical (unpaired) electrons. The number of rotatable bonds is 5. The summed E-state index contributed by atoms with van der Waals surface area (Å²) in [5.41, 5.74) is 9.04. The number of carbonyl (C=O) groups excluding carboxylic acids is 1. The van der Waals surface area contributed by atoms with E-state index in [9.17, 15) is 4.79 Å². The summed E-state index contributed by atoms with van der Waals surface area (Å²) in [6.07, 6.45) is 0. The minimum atomic E-state index is -0.269. The van der Waals surface area contributed by atoms with Crippen molar-refractivity contribution in [1.82, 2.24) is 20.2 Å². The van der Waals surface area contributed by atoms with Crippen LogP contribution in [0, 0.1) is 6.92 Å². The largest absolute Gasteiger partial charge is 0.368 e. The maximum absolute atomic E-state index is 11.5. The highest BCUT2D eigenvalue weighted by Crippen LogP contribution is 2.30.